The first-order valence-corrected chi connectivity index (χ1v) is 8.99. The van der Waals surface area contributed by atoms with E-state index in [4.69, 9.17) is 19.2 Å². The zero-order valence-corrected chi connectivity index (χ0v) is 14.8. The van der Waals surface area contributed by atoms with E-state index in [1.54, 1.807) is 6.20 Å². The van der Waals surface area contributed by atoms with Gasteiger partial charge in [-0.3, -0.25) is 0 Å². The van der Waals surface area contributed by atoms with E-state index in [1.807, 2.05) is 0 Å². The number of nitrogens with zero attached hydrogens (tertiary/aromatic N) is 4. The number of carbonyl (C=O) groups is 1. The standard InChI is InChI=1S/C17H26N4O4/c1-2-3-8-25-16(22)14-13-18-17(21-6-11-24-12-7-21)19-15(14)20-4-9-23-10-5-20/h13H,2-12H2,1H3. The molecule has 1 aromatic heterocycles. The van der Waals surface area contributed by atoms with Crippen molar-refractivity contribution in [2.45, 2.75) is 19.8 Å². The van der Waals surface area contributed by atoms with Crippen LogP contribution >= 0.6 is 0 Å². The minimum absolute atomic E-state index is 0.358. The molecular weight excluding hydrogens is 324 g/mol. The Kier molecular flexibility index (Phi) is 6.41. The first-order chi connectivity index (χ1) is 12.3. The second-order valence-corrected chi connectivity index (χ2v) is 6.10. The van der Waals surface area contributed by atoms with E-state index in [0.29, 0.717) is 63.5 Å². The second kappa shape index (κ2) is 8.96. The van der Waals surface area contributed by atoms with E-state index in [-0.39, 0.29) is 5.97 Å². The van der Waals surface area contributed by atoms with Gasteiger partial charge >= 0.3 is 5.97 Å². The molecule has 1 aromatic rings. The van der Waals surface area contributed by atoms with Crippen molar-refractivity contribution in [2.24, 2.45) is 0 Å². The van der Waals surface area contributed by atoms with Crippen molar-refractivity contribution in [1.29, 1.82) is 0 Å². The van der Waals surface area contributed by atoms with Gasteiger partial charge in [0.1, 0.15) is 11.4 Å². The van der Waals surface area contributed by atoms with Crippen LogP contribution in [0.5, 0.6) is 0 Å². The van der Waals surface area contributed by atoms with Crippen molar-refractivity contribution in [2.75, 3.05) is 69.0 Å². The highest BCUT2D eigenvalue weighted by Crippen LogP contribution is 2.23. The Labute approximate surface area is 148 Å². The summed E-state index contributed by atoms with van der Waals surface area (Å²) in [4.78, 5) is 25.7. The number of anilines is 2. The van der Waals surface area contributed by atoms with Crippen LogP contribution in [-0.4, -0.2) is 75.2 Å². The molecule has 0 spiro atoms. The summed E-state index contributed by atoms with van der Waals surface area (Å²) in [5.74, 6) is 0.916. The summed E-state index contributed by atoms with van der Waals surface area (Å²) in [5, 5.41) is 0. The van der Waals surface area contributed by atoms with Crippen molar-refractivity contribution in [1.82, 2.24) is 9.97 Å². The fourth-order valence-electron chi connectivity index (χ4n) is 2.83. The van der Waals surface area contributed by atoms with Crippen LogP contribution in [0.25, 0.3) is 0 Å². The van der Waals surface area contributed by atoms with Crippen LogP contribution in [-0.2, 0) is 14.2 Å². The fourth-order valence-corrected chi connectivity index (χ4v) is 2.83. The molecule has 2 aliphatic heterocycles. The molecule has 0 radical (unpaired) electrons. The SMILES string of the molecule is CCCCOC(=O)c1cnc(N2CCOCC2)nc1N1CCOCC1. The van der Waals surface area contributed by atoms with Gasteiger partial charge in [-0.2, -0.15) is 4.98 Å². The van der Waals surface area contributed by atoms with Gasteiger partial charge < -0.3 is 24.0 Å². The van der Waals surface area contributed by atoms with Crippen molar-refractivity contribution < 1.29 is 19.0 Å². The van der Waals surface area contributed by atoms with Gasteiger partial charge in [0.2, 0.25) is 5.95 Å². The highest BCUT2D eigenvalue weighted by molar-refractivity contribution is 5.94. The highest BCUT2D eigenvalue weighted by Gasteiger charge is 2.24. The summed E-state index contributed by atoms with van der Waals surface area (Å²) >= 11 is 0. The van der Waals surface area contributed by atoms with Gasteiger partial charge in [-0.1, -0.05) is 13.3 Å². The fraction of sp³-hybridized carbons (Fsp3) is 0.706. The topological polar surface area (TPSA) is 77.0 Å². The zero-order chi connectivity index (χ0) is 17.5. The number of carbonyl (C=O) groups excluding carboxylic acids is 1. The summed E-state index contributed by atoms with van der Waals surface area (Å²) in [6.45, 7) is 7.97. The smallest absolute Gasteiger partial charge is 0.343 e. The van der Waals surface area contributed by atoms with Crippen LogP contribution in [0, 0.1) is 0 Å². The average Bonchev–Trinajstić information content (AvgIpc) is 2.69. The van der Waals surface area contributed by atoms with Crippen LogP contribution in [0.4, 0.5) is 11.8 Å². The molecule has 138 valence electrons. The molecule has 0 atom stereocenters. The van der Waals surface area contributed by atoms with Crippen LogP contribution in [0.15, 0.2) is 6.20 Å². The third kappa shape index (κ3) is 4.58. The zero-order valence-electron chi connectivity index (χ0n) is 14.8. The van der Waals surface area contributed by atoms with E-state index in [9.17, 15) is 4.79 Å². The number of hydrogen-bond donors (Lipinski definition) is 0. The molecule has 2 aliphatic rings. The lowest BCUT2D eigenvalue weighted by Crippen LogP contribution is -2.40. The Hall–Kier alpha value is -1.93. The molecule has 0 aliphatic carbocycles. The molecule has 0 N–H and O–H groups in total. The summed E-state index contributed by atoms with van der Waals surface area (Å²) in [5.41, 5.74) is 0.426. The molecule has 2 fully saturated rings. The molecule has 3 heterocycles. The number of ether oxygens (including phenoxy) is 3. The first-order valence-electron chi connectivity index (χ1n) is 8.99. The summed E-state index contributed by atoms with van der Waals surface area (Å²) < 4.78 is 16.2. The predicted molar refractivity (Wildman–Crippen MR) is 93.3 cm³/mol. The number of rotatable bonds is 6. The lowest BCUT2D eigenvalue weighted by Gasteiger charge is -2.31. The van der Waals surface area contributed by atoms with Crippen molar-refractivity contribution in [3.8, 4) is 0 Å². The van der Waals surface area contributed by atoms with E-state index in [1.165, 1.54) is 0 Å². The third-order valence-electron chi connectivity index (χ3n) is 4.31. The van der Waals surface area contributed by atoms with Gasteiger partial charge in [0.05, 0.1) is 33.0 Å². The lowest BCUT2D eigenvalue weighted by atomic mass is 10.2. The van der Waals surface area contributed by atoms with Crippen LogP contribution < -0.4 is 9.80 Å². The van der Waals surface area contributed by atoms with Gasteiger partial charge in [0.15, 0.2) is 0 Å². The summed E-state index contributed by atoms with van der Waals surface area (Å²) in [6.07, 6.45) is 3.43. The van der Waals surface area contributed by atoms with Gasteiger partial charge in [0.25, 0.3) is 0 Å². The summed E-state index contributed by atoms with van der Waals surface area (Å²) in [6, 6.07) is 0. The molecule has 0 saturated carbocycles. The minimum Gasteiger partial charge on any atom is -0.462 e. The number of morpholine rings is 2. The van der Waals surface area contributed by atoms with Crippen LogP contribution in [0.1, 0.15) is 30.1 Å². The Morgan fingerprint density at radius 1 is 1.12 bits per heavy atom. The van der Waals surface area contributed by atoms with Crippen molar-refractivity contribution >= 4 is 17.7 Å². The molecule has 0 amide bonds. The Balaban J connectivity index is 1.83. The monoisotopic (exact) mass is 350 g/mol. The van der Waals surface area contributed by atoms with Crippen molar-refractivity contribution in [3.05, 3.63) is 11.8 Å². The summed E-state index contributed by atoms with van der Waals surface area (Å²) in [7, 11) is 0. The number of unbranched alkanes of at least 4 members (excludes halogenated alkanes) is 1. The molecular formula is C17H26N4O4. The number of aromatic nitrogens is 2. The number of esters is 1. The Morgan fingerprint density at radius 2 is 1.76 bits per heavy atom. The Bertz CT molecular complexity index is 572. The van der Waals surface area contributed by atoms with E-state index in [2.05, 4.69) is 21.7 Å². The Morgan fingerprint density at radius 3 is 2.40 bits per heavy atom. The van der Waals surface area contributed by atoms with Crippen LogP contribution in [0.2, 0.25) is 0 Å². The third-order valence-corrected chi connectivity index (χ3v) is 4.31. The van der Waals surface area contributed by atoms with Crippen LogP contribution in [0.3, 0.4) is 0 Å². The minimum atomic E-state index is -0.358. The quantitative estimate of drug-likeness (QED) is 0.558. The van der Waals surface area contributed by atoms with Gasteiger partial charge in [0, 0.05) is 32.4 Å². The molecule has 2 saturated heterocycles. The molecule has 0 aromatic carbocycles. The molecule has 8 heteroatoms. The molecule has 0 unspecified atom stereocenters. The maximum atomic E-state index is 12.5. The molecule has 0 bridgehead atoms. The average molecular weight is 350 g/mol. The largest absolute Gasteiger partial charge is 0.462 e. The maximum absolute atomic E-state index is 12.5. The van der Waals surface area contributed by atoms with Crippen molar-refractivity contribution in [3.63, 3.8) is 0 Å². The molecule has 3 rings (SSSR count). The van der Waals surface area contributed by atoms with E-state index >= 15 is 0 Å². The maximum Gasteiger partial charge on any atom is 0.343 e. The normalized spacial score (nSPS) is 18.3. The van der Waals surface area contributed by atoms with E-state index < -0.39 is 0 Å². The first kappa shape index (κ1) is 17.9. The molecule has 8 nitrogen and oxygen atoms in total. The van der Waals surface area contributed by atoms with Gasteiger partial charge in [-0.25, -0.2) is 9.78 Å². The van der Waals surface area contributed by atoms with E-state index in [0.717, 1.165) is 25.9 Å². The highest BCUT2D eigenvalue weighted by atomic mass is 16.5. The second-order valence-electron chi connectivity index (χ2n) is 6.10. The van der Waals surface area contributed by atoms with Gasteiger partial charge in [-0.15, -0.1) is 0 Å². The lowest BCUT2D eigenvalue weighted by molar-refractivity contribution is 0.0498. The predicted octanol–water partition coefficient (Wildman–Crippen LogP) is 1.11. The van der Waals surface area contributed by atoms with Gasteiger partial charge in [-0.05, 0) is 6.42 Å². The molecule has 25 heavy (non-hydrogen) atoms. The number of hydrogen-bond acceptors (Lipinski definition) is 8.